The van der Waals surface area contributed by atoms with Gasteiger partial charge in [0.25, 0.3) is 0 Å². The Kier molecular flexibility index (Phi) is 5.09. The number of hydrogen-bond acceptors (Lipinski definition) is 4. The maximum atomic E-state index is 9.69. The Morgan fingerprint density at radius 1 is 1.19 bits per heavy atom. The van der Waals surface area contributed by atoms with Crippen LogP contribution in [0.2, 0.25) is 0 Å². The van der Waals surface area contributed by atoms with Crippen LogP contribution in [0.4, 0.5) is 5.82 Å². The van der Waals surface area contributed by atoms with Gasteiger partial charge in [0, 0.05) is 25.8 Å². The molecule has 2 N–H and O–H groups in total. The minimum absolute atomic E-state index is 0.0769. The lowest BCUT2D eigenvalue weighted by Crippen LogP contribution is -2.29. The Bertz CT molecular complexity index is 428. The van der Waals surface area contributed by atoms with Gasteiger partial charge in [0.2, 0.25) is 0 Å². The molecule has 1 aliphatic carbocycles. The van der Waals surface area contributed by atoms with Gasteiger partial charge in [0.1, 0.15) is 5.82 Å². The number of hydrogen-bond donors (Lipinski definition) is 2. The summed E-state index contributed by atoms with van der Waals surface area (Å²) in [6, 6.07) is 4.33. The second kappa shape index (κ2) is 7.23. The molecule has 1 aromatic rings. The lowest BCUT2D eigenvalue weighted by atomic mass is 9.87. The van der Waals surface area contributed by atoms with E-state index in [1.54, 1.807) is 0 Å². The maximum absolute atomic E-state index is 9.69. The third-order valence-corrected chi connectivity index (χ3v) is 4.76. The molecule has 0 bridgehead atoms. The van der Waals surface area contributed by atoms with Gasteiger partial charge < -0.3 is 15.3 Å². The summed E-state index contributed by atoms with van der Waals surface area (Å²) in [7, 11) is 0. The summed E-state index contributed by atoms with van der Waals surface area (Å²) in [5.41, 5.74) is 1.24. The second-order valence-electron chi connectivity index (χ2n) is 6.54. The monoisotopic (exact) mass is 289 g/mol. The highest BCUT2D eigenvalue weighted by atomic mass is 16.3. The number of nitrogens with zero attached hydrogens (tertiary/aromatic N) is 2. The number of rotatable bonds is 5. The molecule has 1 saturated heterocycles. The normalized spacial score (nSPS) is 26.2. The highest BCUT2D eigenvalue weighted by molar-refractivity contribution is 5.40. The van der Waals surface area contributed by atoms with Crippen LogP contribution in [0.1, 0.15) is 44.1 Å². The van der Waals surface area contributed by atoms with E-state index in [1.807, 2.05) is 6.20 Å². The molecule has 2 unspecified atom stereocenters. The molecule has 1 saturated carbocycles. The van der Waals surface area contributed by atoms with Crippen molar-refractivity contribution in [2.45, 2.75) is 51.2 Å². The fourth-order valence-electron chi connectivity index (χ4n) is 3.52. The Morgan fingerprint density at radius 2 is 2.05 bits per heavy atom. The van der Waals surface area contributed by atoms with E-state index < -0.39 is 0 Å². The van der Waals surface area contributed by atoms with E-state index >= 15 is 0 Å². The average Bonchev–Trinajstić information content (AvgIpc) is 3.02. The largest absolute Gasteiger partial charge is 0.393 e. The van der Waals surface area contributed by atoms with Crippen molar-refractivity contribution in [2.24, 2.45) is 5.92 Å². The molecule has 0 radical (unpaired) electrons. The third kappa shape index (κ3) is 4.17. The van der Waals surface area contributed by atoms with Crippen molar-refractivity contribution in [1.82, 2.24) is 10.3 Å². The second-order valence-corrected chi connectivity index (χ2v) is 6.54. The van der Waals surface area contributed by atoms with E-state index in [0.29, 0.717) is 5.92 Å². The van der Waals surface area contributed by atoms with E-state index in [2.05, 4.69) is 27.3 Å². The van der Waals surface area contributed by atoms with Crippen molar-refractivity contribution >= 4 is 5.82 Å². The Hall–Kier alpha value is -1.13. The standard InChI is InChI=1S/C17H27N3O/c21-16-5-3-4-14(10-16)11-18-12-15-6-7-17(19-13-15)20-8-1-2-9-20/h6-7,13-14,16,18,21H,1-5,8-12H2. The fraction of sp³-hybridized carbons (Fsp3) is 0.706. The molecule has 2 fully saturated rings. The quantitative estimate of drug-likeness (QED) is 0.873. The number of pyridine rings is 1. The highest BCUT2D eigenvalue weighted by Gasteiger charge is 2.19. The SMILES string of the molecule is OC1CCCC(CNCc2ccc(N3CCCC3)nc2)C1. The van der Waals surface area contributed by atoms with Gasteiger partial charge in [-0.2, -0.15) is 0 Å². The minimum Gasteiger partial charge on any atom is -0.393 e. The maximum Gasteiger partial charge on any atom is 0.128 e. The molecular weight excluding hydrogens is 262 g/mol. The molecule has 3 rings (SSSR count). The first kappa shape index (κ1) is 14.8. The summed E-state index contributed by atoms with van der Waals surface area (Å²) in [5, 5.41) is 13.2. The fourth-order valence-corrected chi connectivity index (χ4v) is 3.52. The van der Waals surface area contributed by atoms with Gasteiger partial charge in [-0.25, -0.2) is 4.98 Å². The first-order chi connectivity index (χ1) is 10.3. The highest BCUT2D eigenvalue weighted by Crippen LogP contribution is 2.23. The molecule has 2 heterocycles. The summed E-state index contributed by atoms with van der Waals surface area (Å²) in [6.45, 7) is 4.17. The molecule has 1 aliphatic heterocycles. The molecule has 0 amide bonds. The van der Waals surface area contributed by atoms with Crippen LogP contribution in [0.15, 0.2) is 18.3 Å². The van der Waals surface area contributed by atoms with E-state index in [1.165, 1.54) is 31.2 Å². The number of nitrogens with one attached hydrogen (secondary N) is 1. The van der Waals surface area contributed by atoms with Crippen molar-refractivity contribution in [1.29, 1.82) is 0 Å². The number of anilines is 1. The van der Waals surface area contributed by atoms with Crippen molar-refractivity contribution in [3.63, 3.8) is 0 Å². The van der Waals surface area contributed by atoms with Crippen LogP contribution in [0, 0.1) is 5.92 Å². The molecule has 2 atom stereocenters. The Labute approximate surface area is 127 Å². The van der Waals surface area contributed by atoms with Crippen LogP contribution in [-0.2, 0) is 6.54 Å². The number of aliphatic hydroxyl groups excluding tert-OH is 1. The van der Waals surface area contributed by atoms with Crippen LogP contribution < -0.4 is 10.2 Å². The molecular formula is C17H27N3O. The molecule has 4 heteroatoms. The summed E-state index contributed by atoms with van der Waals surface area (Å²) in [4.78, 5) is 6.95. The predicted octanol–water partition coefficient (Wildman–Crippen LogP) is 2.32. The zero-order valence-corrected chi connectivity index (χ0v) is 12.8. The minimum atomic E-state index is -0.0769. The Morgan fingerprint density at radius 3 is 2.76 bits per heavy atom. The summed E-state index contributed by atoms with van der Waals surface area (Å²) in [6.07, 6.45) is 8.85. The van der Waals surface area contributed by atoms with Crippen LogP contribution in [0.3, 0.4) is 0 Å². The van der Waals surface area contributed by atoms with Crippen LogP contribution >= 0.6 is 0 Å². The first-order valence-electron chi connectivity index (χ1n) is 8.40. The molecule has 116 valence electrons. The zero-order chi connectivity index (χ0) is 14.5. The smallest absolute Gasteiger partial charge is 0.128 e. The van der Waals surface area contributed by atoms with E-state index in [9.17, 15) is 5.11 Å². The number of aliphatic hydroxyl groups is 1. The van der Waals surface area contributed by atoms with E-state index in [-0.39, 0.29) is 6.10 Å². The lowest BCUT2D eigenvalue weighted by molar-refractivity contribution is 0.101. The lowest BCUT2D eigenvalue weighted by Gasteiger charge is -2.26. The summed E-state index contributed by atoms with van der Waals surface area (Å²) < 4.78 is 0. The van der Waals surface area contributed by atoms with E-state index in [4.69, 9.17) is 0 Å². The van der Waals surface area contributed by atoms with Gasteiger partial charge in [-0.3, -0.25) is 0 Å². The summed E-state index contributed by atoms with van der Waals surface area (Å²) >= 11 is 0. The predicted molar refractivity (Wildman–Crippen MR) is 85.4 cm³/mol. The third-order valence-electron chi connectivity index (χ3n) is 4.76. The van der Waals surface area contributed by atoms with Crippen molar-refractivity contribution in [3.05, 3.63) is 23.9 Å². The summed E-state index contributed by atoms with van der Waals surface area (Å²) in [5.74, 6) is 1.75. The number of aromatic nitrogens is 1. The van der Waals surface area contributed by atoms with Crippen molar-refractivity contribution in [2.75, 3.05) is 24.5 Å². The molecule has 0 aromatic carbocycles. The van der Waals surface area contributed by atoms with Gasteiger partial charge in [-0.1, -0.05) is 12.5 Å². The van der Waals surface area contributed by atoms with E-state index in [0.717, 1.165) is 44.8 Å². The molecule has 0 spiro atoms. The van der Waals surface area contributed by atoms with Gasteiger partial charge in [0.15, 0.2) is 0 Å². The van der Waals surface area contributed by atoms with Gasteiger partial charge >= 0.3 is 0 Å². The van der Waals surface area contributed by atoms with Gasteiger partial charge in [-0.15, -0.1) is 0 Å². The van der Waals surface area contributed by atoms with Crippen molar-refractivity contribution < 1.29 is 5.11 Å². The van der Waals surface area contributed by atoms with Crippen LogP contribution in [0.5, 0.6) is 0 Å². The first-order valence-corrected chi connectivity index (χ1v) is 8.40. The molecule has 4 nitrogen and oxygen atoms in total. The average molecular weight is 289 g/mol. The Balaban J connectivity index is 1.42. The zero-order valence-electron chi connectivity index (χ0n) is 12.8. The van der Waals surface area contributed by atoms with Gasteiger partial charge in [0.05, 0.1) is 6.10 Å². The molecule has 21 heavy (non-hydrogen) atoms. The topological polar surface area (TPSA) is 48.4 Å². The van der Waals surface area contributed by atoms with Crippen LogP contribution in [-0.4, -0.2) is 35.8 Å². The molecule has 2 aliphatic rings. The van der Waals surface area contributed by atoms with Gasteiger partial charge in [-0.05, 0) is 56.2 Å². The van der Waals surface area contributed by atoms with Crippen LogP contribution in [0.25, 0.3) is 0 Å². The molecule has 1 aromatic heterocycles. The van der Waals surface area contributed by atoms with Crippen molar-refractivity contribution in [3.8, 4) is 0 Å².